The van der Waals surface area contributed by atoms with Gasteiger partial charge in [-0.05, 0) is 0 Å². The minimum absolute atomic E-state index is 0. The Bertz CT molecular complexity index is 117. The number of carbonyl (C=O) groups is 1. The third kappa shape index (κ3) is 12.3. The van der Waals surface area contributed by atoms with Crippen LogP contribution in [0.5, 0.6) is 0 Å². The molecule has 0 aromatic rings. The number of rotatable bonds is 2. The van der Waals surface area contributed by atoms with Crippen LogP contribution < -0.4 is 0 Å². The van der Waals surface area contributed by atoms with Gasteiger partial charge >= 0.3 is 76.4 Å². The van der Waals surface area contributed by atoms with Crippen molar-refractivity contribution in [2.75, 3.05) is 0 Å². The molecule has 52 valence electrons. The molecule has 0 fully saturated rings. The van der Waals surface area contributed by atoms with E-state index >= 15 is 0 Å². The average Bonchev–Trinajstić information content (AvgIpc) is 1.65. The van der Waals surface area contributed by atoms with Crippen LogP contribution in [0.1, 0.15) is 13.3 Å². The van der Waals surface area contributed by atoms with Gasteiger partial charge in [0, 0.05) is 6.42 Å². The Balaban J connectivity index is -0.000000245. The molecule has 0 heterocycles. The van der Waals surface area contributed by atoms with E-state index in [0.29, 0.717) is 0 Å². The maximum absolute atomic E-state index is 10.0. The third-order valence-electron chi connectivity index (χ3n) is 0.453. The molecular weight excluding hydrogens is 178 g/mol. The van der Waals surface area contributed by atoms with Crippen LogP contribution in [0.15, 0.2) is 0 Å². The van der Waals surface area contributed by atoms with E-state index in [4.69, 9.17) is 4.55 Å². The number of hydrogen-bond donors (Lipinski definition) is 1. The van der Waals surface area contributed by atoms with E-state index in [1.54, 1.807) is 0 Å². The fraction of sp³-hybridized carbons (Fsp3) is 0.667. The molecule has 0 aromatic heterocycles. The van der Waals surface area contributed by atoms with Gasteiger partial charge in [-0.2, -0.15) is 4.21 Å². The summed E-state index contributed by atoms with van der Waals surface area (Å²) in [5, 5.41) is 0. The summed E-state index contributed by atoms with van der Waals surface area (Å²) in [7, 11) is 0. The Morgan fingerprint density at radius 3 is 2.10 bits per heavy atom. The van der Waals surface area contributed by atoms with E-state index in [1.165, 1.54) is 6.92 Å². The zero-order chi connectivity index (χ0) is 6.57. The summed E-state index contributed by atoms with van der Waals surface area (Å²) in [4.78, 5) is 10.0. The quantitative estimate of drug-likeness (QED) is 0.433. The molecule has 1 N–H and O–H groups in total. The second kappa shape index (κ2) is 10.6. The van der Waals surface area contributed by atoms with Gasteiger partial charge in [0.1, 0.15) is 0 Å². The van der Waals surface area contributed by atoms with E-state index < -0.39 is 17.3 Å². The summed E-state index contributed by atoms with van der Waals surface area (Å²) in [6, 6.07) is 0. The van der Waals surface area contributed by atoms with E-state index in [1.807, 2.05) is 0 Å². The zero-order valence-corrected chi connectivity index (χ0v) is 5.10. The molecule has 7 heteroatoms. The van der Waals surface area contributed by atoms with Crippen LogP contribution in [0.3, 0.4) is 0 Å². The molecule has 0 aromatic carbocycles. The molecule has 1 atom stereocenters. The van der Waals surface area contributed by atoms with Gasteiger partial charge in [0.05, 0.1) is 0 Å². The van der Waals surface area contributed by atoms with Crippen LogP contribution in [-0.4, -0.2) is 73.8 Å². The van der Waals surface area contributed by atoms with Gasteiger partial charge in [0.25, 0.3) is 0 Å². The van der Waals surface area contributed by atoms with Crippen molar-refractivity contribution in [3.8, 4) is 0 Å². The summed E-state index contributed by atoms with van der Waals surface area (Å²) >= 11 is -2.45. The SMILES string of the molecule is CCC(=O)OS(=O)O.[NaH].[NaH]. The predicted molar refractivity (Wildman–Crippen MR) is 41.5 cm³/mol. The predicted octanol–water partition coefficient (Wildman–Crippen LogP) is -1.22. The summed E-state index contributed by atoms with van der Waals surface area (Å²) in [6.07, 6.45) is 0.117. The van der Waals surface area contributed by atoms with Crippen molar-refractivity contribution in [1.82, 2.24) is 0 Å². The van der Waals surface area contributed by atoms with Crippen LogP contribution >= 0.6 is 0 Å². The molecule has 0 amide bonds. The average molecular weight is 186 g/mol. The first-order chi connectivity index (χ1) is 3.66. The van der Waals surface area contributed by atoms with E-state index in [0.717, 1.165) is 0 Å². The zero-order valence-electron chi connectivity index (χ0n) is 4.29. The molecule has 4 nitrogen and oxygen atoms in total. The minimum atomic E-state index is -2.45. The first kappa shape index (κ1) is 17.6. The van der Waals surface area contributed by atoms with Gasteiger partial charge in [-0.1, -0.05) is 6.92 Å². The normalized spacial score (nSPS) is 10.2. The second-order valence-electron chi connectivity index (χ2n) is 1.03. The summed E-state index contributed by atoms with van der Waals surface area (Å²) in [6.45, 7) is 1.54. The molecule has 0 rings (SSSR count). The molecule has 0 aliphatic heterocycles. The molecule has 1 unspecified atom stereocenters. The molecule has 0 saturated heterocycles. The number of carbonyl (C=O) groups excluding carboxylic acids is 1. The van der Waals surface area contributed by atoms with Crippen molar-refractivity contribution in [2.24, 2.45) is 0 Å². The van der Waals surface area contributed by atoms with Crippen molar-refractivity contribution < 1.29 is 17.7 Å². The topological polar surface area (TPSA) is 63.6 Å². The monoisotopic (exact) mass is 186 g/mol. The Labute approximate surface area is 106 Å². The molecule has 0 aliphatic rings. The standard InChI is InChI=1S/C3H6O4S.2Na.2H/c1-2-3(4)7-8(5)6;;;;/h2H2,1H3,(H,5,6);;;;. The molecule has 10 heavy (non-hydrogen) atoms. The first-order valence-corrected chi connectivity index (χ1v) is 3.02. The van der Waals surface area contributed by atoms with Crippen molar-refractivity contribution in [1.29, 1.82) is 0 Å². The number of hydrogen-bond acceptors (Lipinski definition) is 3. The maximum atomic E-state index is 10.0. The van der Waals surface area contributed by atoms with Crippen molar-refractivity contribution in [2.45, 2.75) is 13.3 Å². The van der Waals surface area contributed by atoms with Gasteiger partial charge in [0.2, 0.25) is 0 Å². The fourth-order valence-electron chi connectivity index (χ4n) is 0.138. The van der Waals surface area contributed by atoms with Crippen LogP contribution in [0.25, 0.3) is 0 Å². The second-order valence-corrected chi connectivity index (χ2v) is 1.63. The molecule has 0 radical (unpaired) electrons. The molecule has 0 spiro atoms. The first-order valence-electron chi connectivity index (χ1n) is 1.98. The molecule has 0 saturated carbocycles. The Kier molecular flexibility index (Phi) is 18.6. The summed E-state index contributed by atoms with van der Waals surface area (Å²) in [5.41, 5.74) is 0. The van der Waals surface area contributed by atoms with Crippen LogP contribution in [0, 0.1) is 0 Å². The van der Waals surface area contributed by atoms with Gasteiger partial charge < -0.3 is 4.18 Å². The van der Waals surface area contributed by atoms with Gasteiger partial charge in [0.15, 0.2) is 0 Å². The van der Waals surface area contributed by atoms with Gasteiger partial charge in [-0.25, -0.2) is 0 Å². The Morgan fingerprint density at radius 1 is 1.60 bits per heavy atom. The van der Waals surface area contributed by atoms with Crippen LogP contribution in [-0.2, 0) is 20.3 Å². The Hall–Kier alpha value is 1.58. The van der Waals surface area contributed by atoms with Crippen molar-refractivity contribution in [3.05, 3.63) is 0 Å². The summed E-state index contributed by atoms with van der Waals surface area (Å²) < 4.78 is 21.3. The Morgan fingerprint density at radius 2 is 2.00 bits per heavy atom. The molecule has 0 bridgehead atoms. The third-order valence-corrected chi connectivity index (χ3v) is 0.781. The van der Waals surface area contributed by atoms with Gasteiger partial charge in [-0.3, -0.25) is 9.35 Å². The van der Waals surface area contributed by atoms with E-state index in [-0.39, 0.29) is 65.5 Å². The van der Waals surface area contributed by atoms with Crippen molar-refractivity contribution >= 4 is 76.4 Å². The van der Waals surface area contributed by atoms with Gasteiger partial charge in [-0.15, -0.1) is 0 Å². The van der Waals surface area contributed by atoms with Crippen LogP contribution in [0.4, 0.5) is 0 Å². The van der Waals surface area contributed by atoms with E-state index in [2.05, 4.69) is 4.18 Å². The molecular formula is C3H8Na2O4S. The van der Waals surface area contributed by atoms with E-state index in [9.17, 15) is 9.00 Å². The van der Waals surface area contributed by atoms with Crippen LogP contribution in [0.2, 0.25) is 0 Å². The van der Waals surface area contributed by atoms with Crippen molar-refractivity contribution in [3.63, 3.8) is 0 Å². The molecule has 0 aliphatic carbocycles. The summed E-state index contributed by atoms with van der Waals surface area (Å²) in [5.74, 6) is -0.675. The fourth-order valence-corrected chi connectivity index (χ4v) is 0.415.